The Bertz CT molecular complexity index is 1650. The molecule has 7 nitrogen and oxygen atoms in total. The monoisotopic (exact) mass is 739 g/mol. The Morgan fingerprint density at radius 3 is 2.02 bits per heavy atom. The van der Waals surface area contributed by atoms with Crippen LogP contribution in [0.15, 0.2) is 123 Å². The van der Waals surface area contributed by atoms with Crippen molar-refractivity contribution < 1.29 is 18.0 Å². The van der Waals surface area contributed by atoms with E-state index in [0.717, 1.165) is 30.8 Å². The molecule has 4 aromatic carbocycles. The second kappa shape index (κ2) is 15.5. The van der Waals surface area contributed by atoms with E-state index in [0.29, 0.717) is 5.69 Å². The first kappa shape index (κ1) is 33.4. The first-order valence-electron chi connectivity index (χ1n) is 14.3. The summed E-state index contributed by atoms with van der Waals surface area (Å²) in [7, 11) is -4.14. The first-order chi connectivity index (χ1) is 21.1. The highest BCUT2D eigenvalue weighted by Crippen LogP contribution is 2.27. The van der Waals surface area contributed by atoms with Crippen LogP contribution in [-0.2, 0) is 32.6 Å². The molecule has 4 aromatic rings. The average Bonchev–Trinajstić information content (AvgIpc) is 3.02. The van der Waals surface area contributed by atoms with Gasteiger partial charge in [-0.25, -0.2) is 8.42 Å². The summed E-state index contributed by atoms with van der Waals surface area (Å²) in [5, 5.41) is 3.05. The van der Waals surface area contributed by atoms with E-state index in [2.05, 4.69) is 37.2 Å². The highest BCUT2D eigenvalue weighted by molar-refractivity contribution is 9.10. The summed E-state index contributed by atoms with van der Waals surface area (Å²) in [5.74, 6) is -0.805. The largest absolute Gasteiger partial charge is 0.352 e. The van der Waals surface area contributed by atoms with Crippen molar-refractivity contribution >= 4 is 59.4 Å². The Hall–Kier alpha value is -3.47. The van der Waals surface area contributed by atoms with Gasteiger partial charge in [-0.2, -0.15) is 0 Å². The van der Waals surface area contributed by atoms with Gasteiger partial charge in [-0.3, -0.25) is 13.9 Å². The molecule has 0 heterocycles. The molecular formula is C34H35Br2N3O4S. The van der Waals surface area contributed by atoms with Gasteiger partial charge in [-0.1, -0.05) is 99.4 Å². The van der Waals surface area contributed by atoms with E-state index in [4.69, 9.17) is 0 Å². The van der Waals surface area contributed by atoms with E-state index in [1.807, 2.05) is 68.4 Å². The van der Waals surface area contributed by atoms with Gasteiger partial charge in [0.15, 0.2) is 0 Å². The molecule has 0 aliphatic rings. The summed E-state index contributed by atoms with van der Waals surface area (Å²) in [6.07, 6.45) is 0.975. The van der Waals surface area contributed by atoms with Gasteiger partial charge in [0.05, 0.1) is 10.6 Å². The summed E-state index contributed by atoms with van der Waals surface area (Å²) < 4.78 is 30.7. The normalized spacial score (nSPS) is 12.6. The maximum absolute atomic E-state index is 14.5. The minimum absolute atomic E-state index is 0.0598. The number of carbonyl (C=O) groups is 2. The van der Waals surface area contributed by atoms with Gasteiger partial charge in [0.1, 0.15) is 12.6 Å². The number of benzene rings is 4. The van der Waals surface area contributed by atoms with Crippen molar-refractivity contribution in [2.24, 2.45) is 0 Å². The molecule has 2 amide bonds. The summed E-state index contributed by atoms with van der Waals surface area (Å²) in [5.41, 5.74) is 2.00. The van der Waals surface area contributed by atoms with Crippen LogP contribution >= 0.6 is 31.9 Å². The second-order valence-electron chi connectivity index (χ2n) is 10.5. The maximum atomic E-state index is 14.5. The minimum atomic E-state index is -4.14. The lowest BCUT2D eigenvalue weighted by Gasteiger charge is -2.34. The Kier molecular flexibility index (Phi) is 11.8. The van der Waals surface area contributed by atoms with Crippen LogP contribution in [0.1, 0.15) is 31.4 Å². The van der Waals surface area contributed by atoms with E-state index in [-0.39, 0.29) is 29.8 Å². The number of sulfonamides is 1. The third-order valence-electron chi connectivity index (χ3n) is 7.24. The smallest absolute Gasteiger partial charge is 0.264 e. The lowest BCUT2D eigenvalue weighted by atomic mass is 10.0. The molecule has 2 atom stereocenters. The molecule has 10 heteroatoms. The summed E-state index contributed by atoms with van der Waals surface area (Å²) in [6, 6.07) is 30.8. The van der Waals surface area contributed by atoms with E-state index >= 15 is 0 Å². The highest BCUT2D eigenvalue weighted by atomic mass is 79.9. The molecule has 0 radical (unpaired) electrons. The van der Waals surface area contributed by atoms with Gasteiger partial charge in [0.25, 0.3) is 10.0 Å². The zero-order valence-corrected chi connectivity index (χ0v) is 28.6. The quantitative estimate of drug-likeness (QED) is 0.161. The predicted octanol–water partition coefficient (Wildman–Crippen LogP) is 6.96. The molecule has 0 bridgehead atoms. The fraction of sp³-hybridized carbons (Fsp3) is 0.235. The van der Waals surface area contributed by atoms with Crippen molar-refractivity contribution in [1.82, 2.24) is 10.2 Å². The van der Waals surface area contributed by atoms with Crippen molar-refractivity contribution in [2.75, 3.05) is 10.8 Å². The third-order valence-corrected chi connectivity index (χ3v) is 10.0. The van der Waals surface area contributed by atoms with E-state index in [1.54, 1.807) is 42.5 Å². The molecule has 0 aliphatic heterocycles. The highest BCUT2D eigenvalue weighted by Gasteiger charge is 2.35. The number of nitrogens with zero attached hydrogens (tertiary/aromatic N) is 2. The Morgan fingerprint density at radius 1 is 0.795 bits per heavy atom. The molecule has 0 aliphatic carbocycles. The van der Waals surface area contributed by atoms with Crippen molar-refractivity contribution in [3.05, 3.63) is 129 Å². The van der Waals surface area contributed by atoms with Crippen LogP contribution < -0.4 is 9.62 Å². The van der Waals surface area contributed by atoms with E-state index in [9.17, 15) is 18.0 Å². The predicted molar refractivity (Wildman–Crippen MR) is 182 cm³/mol. The zero-order chi connectivity index (χ0) is 31.7. The third kappa shape index (κ3) is 8.80. The van der Waals surface area contributed by atoms with Crippen molar-refractivity contribution in [2.45, 2.75) is 50.2 Å². The maximum Gasteiger partial charge on any atom is 0.264 e. The second-order valence-corrected chi connectivity index (χ2v) is 14.2. The average molecular weight is 742 g/mol. The number of carbonyl (C=O) groups excluding carboxylic acids is 2. The molecule has 0 aromatic heterocycles. The Labute approximate surface area is 276 Å². The van der Waals surface area contributed by atoms with Gasteiger partial charge in [-0.05, 0) is 73.0 Å². The van der Waals surface area contributed by atoms with Gasteiger partial charge in [-0.15, -0.1) is 0 Å². The number of halogens is 2. The topological polar surface area (TPSA) is 86.8 Å². The molecule has 4 rings (SSSR count). The van der Waals surface area contributed by atoms with Crippen LogP contribution in [0.2, 0.25) is 0 Å². The molecule has 44 heavy (non-hydrogen) atoms. The van der Waals surface area contributed by atoms with Gasteiger partial charge < -0.3 is 10.2 Å². The molecule has 230 valence electrons. The van der Waals surface area contributed by atoms with Crippen LogP contribution in [0.25, 0.3) is 0 Å². The van der Waals surface area contributed by atoms with Gasteiger partial charge in [0.2, 0.25) is 11.8 Å². The fourth-order valence-corrected chi connectivity index (χ4v) is 6.83. The number of hydrogen-bond acceptors (Lipinski definition) is 4. The van der Waals surface area contributed by atoms with Gasteiger partial charge in [0, 0.05) is 28.0 Å². The van der Waals surface area contributed by atoms with Crippen molar-refractivity contribution in [3.63, 3.8) is 0 Å². The van der Waals surface area contributed by atoms with Crippen LogP contribution in [0.5, 0.6) is 0 Å². The standard InChI is InChI=1S/C34H35Br2N3O4S/c1-3-25(2)37-34(41)32(22-26-11-6-4-7-12-26)38(23-27-13-10-14-29(36)21-27)33(40)24-39(30-19-17-28(35)18-20-30)44(42,43)31-15-8-5-9-16-31/h4-21,25,32H,3,22-24H2,1-2H3,(H,37,41)/t25-,32-/m0/s1. The molecule has 0 spiro atoms. The summed E-state index contributed by atoms with van der Waals surface area (Å²) in [4.78, 5) is 29.9. The molecule has 0 fully saturated rings. The molecular weight excluding hydrogens is 706 g/mol. The summed E-state index contributed by atoms with van der Waals surface area (Å²) >= 11 is 6.91. The molecule has 0 saturated heterocycles. The lowest BCUT2D eigenvalue weighted by Crippen LogP contribution is -2.54. The number of rotatable bonds is 13. The van der Waals surface area contributed by atoms with E-state index in [1.165, 1.54) is 17.0 Å². The van der Waals surface area contributed by atoms with E-state index < -0.39 is 28.5 Å². The number of amides is 2. The van der Waals surface area contributed by atoms with Crippen molar-refractivity contribution in [3.8, 4) is 0 Å². The number of anilines is 1. The van der Waals surface area contributed by atoms with Crippen LogP contribution in [0.3, 0.4) is 0 Å². The van der Waals surface area contributed by atoms with Crippen molar-refractivity contribution in [1.29, 1.82) is 0 Å². The molecule has 0 unspecified atom stereocenters. The van der Waals surface area contributed by atoms with Crippen LogP contribution in [0.4, 0.5) is 5.69 Å². The zero-order valence-electron chi connectivity index (χ0n) is 24.6. The SMILES string of the molecule is CC[C@H](C)NC(=O)[C@H](Cc1ccccc1)N(Cc1cccc(Br)c1)C(=O)CN(c1ccc(Br)cc1)S(=O)(=O)c1ccccc1. The number of hydrogen-bond donors (Lipinski definition) is 1. The Morgan fingerprint density at radius 2 is 1.41 bits per heavy atom. The molecule has 0 saturated carbocycles. The molecule has 1 N–H and O–H groups in total. The first-order valence-corrected chi connectivity index (χ1v) is 17.3. The minimum Gasteiger partial charge on any atom is -0.352 e. The lowest BCUT2D eigenvalue weighted by molar-refractivity contribution is -0.140. The Balaban J connectivity index is 1.80. The van der Waals surface area contributed by atoms with Gasteiger partial charge >= 0.3 is 0 Å². The summed E-state index contributed by atoms with van der Waals surface area (Å²) in [6.45, 7) is 3.49. The number of nitrogens with one attached hydrogen (secondary N) is 1. The van der Waals surface area contributed by atoms with Crippen LogP contribution in [-0.4, -0.2) is 43.8 Å². The van der Waals surface area contributed by atoms with Crippen LogP contribution in [0, 0.1) is 0 Å². The fourth-order valence-electron chi connectivity index (χ4n) is 4.68.